The zero-order chi connectivity index (χ0) is 17.7. The topological polar surface area (TPSA) is 55.4 Å². The molecule has 0 aromatic carbocycles. The van der Waals surface area contributed by atoms with Crippen molar-refractivity contribution < 1.29 is 14.3 Å². The lowest BCUT2D eigenvalue weighted by atomic mass is 9.82. The first-order valence-corrected chi connectivity index (χ1v) is 9.55. The summed E-state index contributed by atoms with van der Waals surface area (Å²) in [7, 11) is 0. The van der Waals surface area contributed by atoms with E-state index in [1.54, 1.807) is 0 Å². The van der Waals surface area contributed by atoms with Gasteiger partial charge in [0.2, 0.25) is 5.91 Å². The van der Waals surface area contributed by atoms with Crippen LogP contribution in [0.4, 0.5) is 0 Å². The Labute approximate surface area is 148 Å². The van der Waals surface area contributed by atoms with E-state index in [4.69, 9.17) is 4.74 Å². The summed E-state index contributed by atoms with van der Waals surface area (Å²) in [5, 5.41) is 4.90. The molecule has 1 aliphatic rings. The van der Waals surface area contributed by atoms with E-state index in [2.05, 4.69) is 26.1 Å². The smallest absolute Gasteiger partial charge is 0.217 e. The molecule has 24 heavy (non-hydrogen) atoms. The van der Waals surface area contributed by atoms with Crippen molar-refractivity contribution in [3.8, 4) is 0 Å². The minimum absolute atomic E-state index is 0.0467. The quantitative estimate of drug-likeness (QED) is 0.758. The number of Topliss-reactive ketones (excluding diaryl/α,β-unsaturated/α-hetero) is 1. The molecule has 0 saturated heterocycles. The van der Waals surface area contributed by atoms with Crippen molar-refractivity contribution in [3.63, 3.8) is 0 Å². The molecule has 0 spiro atoms. The van der Waals surface area contributed by atoms with Gasteiger partial charge in [-0.05, 0) is 36.8 Å². The Balaban J connectivity index is 2.26. The summed E-state index contributed by atoms with van der Waals surface area (Å²) in [6.45, 7) is 7.81. The molecule has 0 aliphatic heterocycles. The van der Waals surface area contributed by atoms with Gasteiger partial charge in [0, 0.05) is 24.5 Å². The highest BCUT2D eigenvalue weighted by Crippen LogP contribution is 2.30. The van der Waals surface area contributed by atoms with Crippen LogP contribution >= 0.6 is 11.3 Å². The van der Waals surface area contributed by atoms with Crippen molar-refractivity contribution in [1.82, 2.24) is 5.32 Å². The Morgan fingerprint density at radius 2 is 2.08 bits per heavy atom. The first-order chi connectivity index (χ1) is 11.5. The van der Waals surface area contributed by atoms with Crippen molar-refractivity contribution in [1.29, 1.82) is 0 Å². The average Bonchev–Trinajstić information content (AvgIpc) is 3.08. The van der Waals surface area contributed by atoms with E-state index in [0.29, 0.717) is 6.42 Å². The molecule has 0 radical (unpaired) electrons. The minimum atomic E-state index is -0.153. The van der Waals surface area contributed by atoms with Crippen LogP contribution in [0.25, 0.3) is 0 Å². The molecule has 1 heterocycles. The number of ether oxygens (including phenoxy) is 1. The number of rotatable bonds is 7. The van der Waals surface area contributed by atoms with Gasteiger partial charge in [-0.2, -0.15) is 0 Å². The highest BCUT2D eigenvalue weighted by atomic mass is 32.1. The van der Waals surface area contributed by atoms with E-state index in [1.165, 1.54) is 18.3 Å². The lowest BCUT2D eigenvalue weighted by molar-refractivity contribution is -0.120. The number of thiophene rings is 1. The van der Waals surface area contributed by atoms with Crippen LogP contribution in [0.3, 0.4) is 0 Å². The predicted molar refractivity (Wildman–Crippen MR) is 97.4 cm³/mol. The van der Waals surface area contributed by atoms with Crippen LogP contribution < -0.4 is 5.32 Å². The Bertz CT molecular complexity index is 590. The standard InChI is InChI=1S/C19H27NO3S/c1-5-15(6-2)23-17-11-14(19(22)18-8-7-9-24-18)10-16(12(17)3)20-13(4)21/h7-9,11-12,15-17H,5-6,10H2,1-4H3,(H,20,21)/t12-,16+,17-/m1/s1. The third kappa shape index (κ3) is 4.54. The monoisotopic (exact) mass is 349 g/mol. The van der Waals surface area contributed by atoms with Gasteiger partial charge in [-0.15, -0.1) is 11.3 Å². The second-order valence-electron chi connectivity index (χ2n) is 6.41. The molecule has 3 atom stereocenters. The SMILES string of the molecule is CCC(CC)O[C@@H]1C=C(C(=O)c2cccs2)C[C@H](NC(C)=O)[C@H]1C. The second kappa shape index (κ2) is 8.58. The van der Waals surface area contributed by atoms with Crippen molar-refractivity contribution in [2.75, 3.05) is 0 Å². The molecular weight excluding hydrogens is 322 g/mol. The van der Waals surface area contributed by atoms with Crippen LogP contribution in [0.2, 0.25) is 0 Å². The second-order valence-corrected chi connectivity index (χ2v) is 7.36. The molecule has 1 amide bonds. The molecule has 0 saturated carbocycles. The van der Waals surface area contributed by atoms with E-state index in [0.717, 1.165) is 23.3 Å². The van der Waals surface area contributed by atoms with Crippen LogP contribution in [-0.4, -0.2) is 29.9 Å². The maximum Gasteiger partial charge on any atom is 0.217 e. The molecule has 4 nitrogen and oxygen atoms in total. The fourth-order valence-corrected chi connectivity index (χ4v) is 3.81. The van der Waals surface area contributed by atoms with Gasteiger partial charge in [-0.25, -0.2) is 0 Å². The zero-order valence-electron chi connectivity index (χ0n) is 14.9. The molecule has 5 heteroatoms. The van der Waals surface area contributed by atoms with Crippen molar-refractivity contribution in [3.05, 3.63) is 34.0 Å². The maximum atomic E-state index is 12.7. The Hall–Kier alpha value is -1.46. The fourth-order valence-electron chi connectivity index (χ4n) is 3.11. The Kier molecular flexibility index (Phi) is 6.75. The van der Waals surface area contributed by atoms with E-state index in [1.807, 2.05) is 23.6 Å². The minimum Gasteiger partial charge on any atom is -0.371 e. The number of ketones is 1. The van der Waals surface area contributed by atoms with Crippen LogP contribution in [0.15, 0.2) is 29.2 Å². The van der Waals surface area contributed by atoms with Gasteiger partial charge in [0.05, 0.1) is 17.1 Å². The summed E-state index contributed by atoms with van der Waals surface area (Å²) in [6.07, 6.45) is 4.42. The van der Waals surface area contributed by atoms with Gasteiger partial charge in [0.15, 0.2) is 5.78 Å². The van der Waals surface area contributed by atoms with E-state index in [-0.39, 0.29) is 35.9 Å². The Morgan fingerprint density at radius 1 is 1.38 bits per heavy atom. The largest absolute Gasteiger partial charge is 0.371 e. The van der Waals surface area contributed by atoms with E-state index < -0.39 is 0 Å². The number of amides is 1. The van der Waals surface area contributed by atoms with Gasteiger partial charge in [0.1, 0.15) is 0 Å². The maximum absolute atomic E-state index is 12.7. The Morgan fingerprint density at radius 3 is 2.62 bits per heavy atom. The lowest BCUT2D eigenvalue weighted by Crippen LogP contribution is -2.47. The first-order valence-electron chi connectivity index (χ1n) is 8.67. The van der Waals surface area contributed by atoms with Gasteiger partial charge in [-0.1, -0.05) is 26.8 Å². The van der Waals surface area contributed by atoms with Gasteiger partial charge in [0.25, 0.3) is 0 Å². The first kappa shape index (κ1) is 18.9. The van der Waals surface area contributed by atoms with E-state index in [9.17, 15) is 9.59 Å². The van der Waals surface area contributed by atoms with Crippen LogP contribution in [-0.2, 0) is 9.53 Å². The number of carbonyl (C=O) groups excluding carboxylic acids is 2. The van der Waals surface area contributed by atoms with Crippen molar-refractivity contribution in [2.24, 2.45) is 5.92 Å². The predicted octanol–water partition coefficient (Wildman–Crippen LogP) is 3.98. The summed E-state index contributed by atoms with van der Waals surface area (Å²) in [5.41, 5.74) is 0.741. The number of hydrogen-bond donors (Lipinski definition) is 1. The molecule has 1 aromatic rings. The third-order valence-corrected chi connectivity index (χ3v) is 5.51. The van der Waals surface area contributed by atoms with Crippen molar-refractivity contribution in [2.45, 2.75) is 65.2 Å². The van der Waals surface area contributed by atoms with Gasteiger partial charge in [-0.3, -0.25) is 9.59 Å². The molecule has 1 N–H and O–H groups in total. The summed E-state index contributed by atoms with van der Waals surface area (Å²) in [4.78, 5) is 25.0. The summed E-state index contributed by atoms with van der Waals surface area (Å²) in [6, 6.07) is 3.65. The molecule has 0 fully saturated rings. The number of nitrogens with one attached hydrogen (secondary N) is 1. The van der Waals surface area contributed by atoms with Gasteiger partial charge < -0.3 is 10.1 Å². The molecule has 0 unspecified atom stereocenters. The lowest BCUT2D eigenvalue weighted by Gasteiger charge is -2.36. The summed E-state index contributed by atoms with van der Waals surface area (Å²) in [5.74, 6) is 0.109. The highest BCUT2D eigenvalue weighted by Gasteiger charge is 2.34. The third-order valence-electron chi connectivity index (χ3n) is 4.64. The number of hydrogen-bond acceptors (Lipinski definition) is 4. The summed E-state index contributed by atoms with van der Waals surface area (Å²) < 4.78 is 6.24. The molecule has 1 aromatic heterocycles. The highest BCUT2D eigenvalue weighted by molar-refractivity contribution is 7.12. The molecule has 1 aliphatic carbocycles. The zero-order valence-corrected chi connectivity index (χ0v) is 15.7. The van der Waals surface area contributed by atoms with Crippen LogP contribution in [0, 0.1) is 5.92 Å². The van der Waals surface area contributed by atoms with E-state index >= 15 is 0 Å². The van der Waals surface area contributed by atoms with Crippen LogP contribution in [0.1, 0.15) is 56.6 Å². The molecular formula is C19H27NO3S. The molecule has 132 valence electrons. The average molecular weight is 349 g/mol. The van der Waals surface area contributed by atoms with Crippen molar-refractivity contribution >= 4 is 23.0 Å². The van der Waals surface area contributed by atoms with Gasteiger partial charge >= 0.3 is 0 Å². The molecule has 2 rings (SSSR count). The van der Waals surface area contributed by atoms with Crippen LogP contribution in [0.5, 0.6) is 0 Å². The molecule has 0 bridgehead atoms. The number of carbonyl (C=O) groups is 2. The fraction of sp³-hybridized carbons (Fsp3) is 0.579. The normalized spacial score (nSPS) is 23.9. The summed E-state index contributed by atoms with van der Waals surface area (Å²) >= 11 is 1.45.